The third-order valence-electron chi connectivity index (χ3n) is 6.13. The number of nitrogens with zero attached hydrogens (tertiary/aromatic N) is 1. The van der Waals surface area contributed by atoms with Gasteiger partial charge in [-0.15, -0.1) is 0 Å². The maximum absolute atomic E-state index is 12.2. The van der Waals surface area contributed by atoms with Gasteiger partial charge in [0.05, 0.1) is 25.8 Å². The fourth-order valence-corrected chi connectivity index (χ4v) is 4.63. The summed E-state index contributed by atoms with van der Waals surface area (Å²) < 4.78 is 9.88. The number of nitrogen functional groups attached to an aromatic ring is 1. The first-order valence-corrected chi connectivity index (χ1v) is 9.81. The fraction of sp³-hybridized carbons (Fsp3) is 0.619. The summed E-state index contributed by atoms with van der Waals surface area (Å²) in [5.74, 6) is 0.339. The highest BCUT2D eigenvalue weighted by atomic mass is 16.5. The smallest absolute Gasteiger partial charge is 0.414 e. The molecule has 1 saturated carbocycles. The van der Waals surface area contributed by atoms with Crippen LogP contribution in [0.1, 0.15) is 50.2 Å². The van der Waals surface area contributed by atoms with Crippen molar-refractivity contribution in [2.75, 3.05) is 24.9 Å². The van der Waals surface area contributed by atoms with Crippen molar-refractivity contribution in [1.29, 1.82) is 0 Å². The number of carbonyl (C=O) groups excluding carboxylic acids is 2. The van der Waals surface area contributed by atoms with Crippen LogP contribution in [0.4, 0.5) is 16.2 Å². The first kappa shape index (κ1) is 19.5. The van der Waals surface area contributed by atoms with Crippen LogP contribution >= 0.6 is 0 Å². The van der Waals surface area contributed by atoms with E-state index in [0.29, 0.717) is 5.92 Å². The van der Waals surface area contributed by atoms with Crippen LogP contribution in [0.15, 0.2) is 12.1 Å². The first-order valence-electron chi connectivity index (χ1n) is 9.81. The Balaban J connectivity index is 1.80. The summed E-state index contributed by atoms with van der Waals surface area (Å²) in [5.41, 5.74) is 10.3. The molecule has 3 atom stereocenters. The Morgan fingerprint density at radius 3 is 2.67 bits per heavy atom. The molecule has 0 bridgehead atoms. The fourth-order valence-electron chi connectivity index (χ4n) is 4.63. The molecule has 0 radical (unpaired) electrons. The van der Waals surface area contributed by atoms with E-state index in [1.54, 1.807) is 4.90 Å². The predicted octanol–water partition coefficient (Wildman–Crippen LogP) is 3.70. The van der Waals surface area contributed by atoms with Crippen molar-refractivity contribution in [3.8, 4) is 0 Å². The predicted molar refractivity (Wildman–Crippen MR) is 105 cm³/mol. The van der Waals surface area contributed by atoms with Crippen LogP contribution in [0.25, 0.3) is 0 Å². The summed E-state index contributed by atoms with van der Waals surface area (Å²) in [6.07, 6.45) is 6.16. The second-order valence-electron chi connectivity index (χ2n) is 7.82. The molecule has 2 aliphatic rings. The number of amides is 1. The van der Waals surface area contributed by atoms with Gasteiger partial charge >= 0.3 is 12.1 Å². The maximum Gasteiger partial charge on any atom is 0.414 e. The van der Waals surface area contributed by atoms with Crippen LogP contribution in [0.2, 0.25) is 0 Å². The lowest BCUT2D eigenvalue weighted by Crippen LogP contribution is -2.42. The zero-order chi connectivity index (χ0) is 19.6. The lowest BCUT2D eigenvalue weighted by Gasteiger charge is -2.35. The second-order valence-corrected chi connectivity index (χ2v) is 7.82. The third kappa shape index (κ3) is 3.89. The first-order chi connectivity index (χ1) is 13.0. The van der Waals surface area contributed by atoms with E-state index < -0.39 is 0 Å². The molecular formula is C21H30N2O4. The van der Waals surface area contributed by atoms with E-state index in [4.69, 9.17) is 15.2 Å². The van der Waals surface area contributed by atoms with E-state index in [1.807, 2.05) is 19.1 Å². The average molecular weight is 374 g/mol. The van der Waals surface area contributed by atoms with Crippen LogP contribution in [-0.2, 0) is 27.1 Å². The van der Waals surface area contributed by atoms with Gasteiger partial charge in [0, 0.05) is 11.7 Å². The van der Waals surface area contributed by atoms with Gasteiger partial charge in [-0.3, -0.25) is 9.69 Å². The van der Waals surface area contributed by atoms with E-state index in [9.17, 15) is 9.59 Å². The lowest BCUT2D eigenvalue weighted by molar-refractivity contribution is -0.147. The number of methoxy groups -OCH3 is 2. The summed E-state index contributed by atoms with van der Waals surface area (Å²) in [7, 11) is 2.86. The highest BCUT2D eigenvalue weighted by Gasteiger charge is 2.32. The number of esters is 1. The van der Waals surface area contributed by atoms with E-state index >= 15 is 0 Å². The number of hydrogen-bond donors (Lipinski definition) is 1. The molecule has 1 aliphatic heterocycles. The van der Waals surface area contributed by atoms with Gasteiger partial charge in [0.1, 0.15) is 0 Å². The van der Waals surface area contributed by atoms with Crippen molar-refractivity contribution in [1.82, 2.24) is 0 Å². The molecule has 0 spiro atoms. The SMILES string of the molecule is COC(=O)[C@H]1CCC[C@@H](Cc2ccc3c(c2N)CC[C@H](C)N3C(=O)OC)C1. The van der Waals surface area contributed by atoms with E-state index in [-0.39, 0.29) is 24.0 Å². The molecule has 27 heavy (non-hydrogen) atoms. The number of ether oxygens (including phenoxy) is 2. The average Bonchev–Trinajstić information content (AvgIpc) is 2.69. The maximum atomic E-state index is 12.2. The molecule has 1 heterocycles. The van der Waals surface area contributed by atoms with Crippen molar-refractivity contribution >= 4 is 23.4 Å². The molecular weight excluding hydrogens is 344 g/mol. The molecule has 0 aromatic heterocycles. The number of carbonyl (C=O) groups is 2. The van der Waals surface area contributed by atoms with E-state index in [0.717, 1.165) is 67.4 Å². The number of rotatable bonds is 3. The van der Waals surface area contributed by atoms with Gasteiger partial charge in [0.15, 0.2) is 0 Å². The molecule has 3 rings (SSSR count). The minimum absolute atomic E-state index is 0.00303. The molecule has 0 saturated heterocycles. The highest BCUT2D eigenvalue weighted by molar-refractivity contribution is 5.91. The molecule has 0 unspecified atom stereocenters. The van der Waals surface area contributed by atoms with Gasteiger partial charge in [0.2, 0.25) is 0 Å². The quantitative estimate of drug-likeness (QED) is 0.644. The second kappa shape index (κ2) is 8.19. The Hall–Kier alpha value is -2.24. The van der Waals surface area contributed by atoms with Crippen LogP contribution in [0.5, 0.6) is 0 Å². The molecule has 1 aromatic rings. The van der Waals surface area contributed by atoms with Gasteiger partial charge in [-0.25, -0.2) is 4.79 Å². The summed E-state index contributed by atoms with van der Waals surface area (Å²) in [5, 5.41) is 0. The monoisotopic (exact) mass is 374 g/mol. The topological polar surface area (TPSA) is 81.9 Å². The van der Waals surface area contributed by atoms with Gasteiger partial charge in [0.25, 0.3) is 0 Å². The summed E-state index contributed by atoms with van der Waals surface area (Å²) >= 11 is 0. The van der Waals surface area contributed by atoms with Gasteiger partial charge in [-0.05, 0) is 62.1 Å². The van der Waals surface area contributed by atoms with Crippen LogP contribution in [-0.4, -0.2) is 32.3 Å². The van der Waals surface area contributed by atoms with Crippen molar-refractivity contribution < 1.29 is 19.1 Å². The third-order valence-corrected chi connectivity index (χ3v) is 6.13. The van der Waals surface area contributed by atoms with Crippen molar-refractivity contribution in [2.24, 2.45) is 11.8 Å². The van der Waals surface area contributed by atoms with Crippen molar-refractivity contribution in [3.05, 3.63) is 23.3 Å². The molecule has 1 fully saturated rings. The van der Waals surface area contributed by atoms with Gasteiger partial charge in [-0.2, -0.15) is 0 Å². The number of anilines is 2. The van der Waals surface area contributed by atoms with Crippen LogP contribution < -0.4 is 10.6 Å². The van der Waals surface area contributed by atoms with Crippen molar-refractivity contribution in [2.45, 2.75) is 57.9 Å². The molecule has 1 aromatic carbocycles. The normalized spacial score (nSPS) is 24.9. The lowest BCUT2D eigenvalue weighted by atomic mass is 9.78. The summed E-state index contributed by atoms with van der Waals surface area (Å²) in [6, 6.07) is 4.12. The largest absolute Gasteiger partial charge is 0.469 e. The Kier molecular flexibility index (Phi) is 5.92. The Labute approximate surface area is 161 Å². The molecule has 1 amide bonds. The standard InChI is InChI=1S/C21H30N2O4/c1-13-7-9-17-18(23(13)21(25)27-3)10-8-15(19(17)22)11-14-5-4-6-16(12-14)20(24)26-2/h8,10,13-14,16H,4-7,9,11-12,22H2,1-3H3/t13-,14-,16-/m0/s1. The summed E-state index contributed by atoms with van der Waals surface area (Å²) in [6.45, 7) is 2.03. The zero-order valence-corrected chi connectivity index (χ0v) is 16.5. The molecule has 148 valence electrons. The Morgan fingerprint density at radius 2 is 1.96 bits per heavy atom. The number of fused-ring (bicyclic) bond motifs is 1. The summed E-state index contributed by atoms with van der Waals surface area (Å²) in [4.78, 5) is 25.8. The number of benzene rings is 1. The molecule has 6 heteroatoms. The van der Waals surface area contributed by atoms with Gasteiger partial charge in [-0.1, -0.05) is 18.9 Å². The minimum Gasteiger partial charge on any atom is -0.469 e. The van der Waals surface area contributed by atoms with E-state index in [1.165, 1.54) is 14.2 Å². The minimum atomic E-state index is -0.344. The van der Waals surface area contributed by atoms with Crippen molar-refractivity contribution in [3.63, 3.8) is 0 Å². The van der Waals surface area contributed by atoms with E-state index in [2.05, 4.69) is 0 Å². The Morgan fingerprint density at radius 1 is 1.19 bits per heavy atom. The van der Waals surface area contributed by atoms with Crippen LogP contribution in [0.3, 0.4) is 0 Å². The molecule has 6 nitrogen and oxygen atoms in total. The number of nitrogens with two attached hydrogens (primary N) is 1. The molecule has 2 N–H and O–H groups in total. The number of hydrogen-bond acceptors (Lipinski definition) is 5. The highest BCUT2D eigenvalue weighted by Crippen LogP contribution is 2.39. The Bertz CT molecular complexity index is 718. The zero-order valence-electron chi connectivity index (χ0n) is 16.5. The molecule has 1 aliphatic carbocycles. The van der Waals surface area contributed by atoms with Crippen LogP contribution in [0, 0.1) is 11.8 Å². The van der Waals surface area contributed by atoms with Gasteiger partial charge < -0.3 is 15.2 Å².